The van der Waals surface area contributed by atoms with Crippen LogP contribution in [0.15, 0.2) is 82.7 Å². The van der Waals surface area contributed by atoms with Crippen molar-refractivity contribution in [1.82, 2.24) is 9.97 Å². The largest absolute Gasteiger partial charge is 0.301 e. The lowest BCUT2D eigenvalue weighted by molar-refractivity contribution is 0.861. The number of fused-ring (bicyclic) bond motifs is 1. The van der Waals surface area contributed by atoms with Crippen molar-refractivity contribution in [3.63, 3.8) is 0 Å². The number of aromatic amines is 1. The molecule has 0 aliphatic carbocycles. The standard InChI is InChI=1S/C24H21IN2OS/c25-22-21(16-19-13-6-12-18-11-4-5-14-20(18)19)26-24(27-23(22)28)29-15-7-10-17-8-2-1-3-9-17/h1-6,8-9,11-14H,7,10,15-16H2,(H,26,27,28). The molecule has 146 valence electrons. The normalized spacial score (nSPS) is 11.1. The summed E-state index contributed by atoms with van der Waals surface area (Å²) in [5.74, 6) is 0.923. The van der Waals surface area contributed by atoms with Gasteiger partial charge in [-0.1, -0.05) is 84.6 Å². The smallest absolute Gasteiger partial charge is 0.265 e. The minimum absolute atomic E-state index is 0.0543. The Morgan fingerprint density at radius 2 is 1.69 bits per heavy atom. The monoisotopic (exact) mass is 512 g/mol. The van der Waals surface area contributed by atoms with Crippen molar-refractivity contribution in [2.24, 2.45) is 0 Å². The number of thioether (sulfide) groups is 1. The molecule has 5 heteroatoms. The second-order valence-electron chi connectivity index (χ2n) is 6.88. The van der Waals surface area contributed by atoms with E-state index in [4.69, 9.17) is 4.98 Å². The van der Waals surface area contributed by atoms with E-state index < -0.39 is 0 Å². The molecular weight excluding hydrogens is 491 g/mol. The number of aromatic nitrogens is 2. The van der Waals surface area contributed by atoms with Crippen molar-refractivity contribution in [3.8, 4) is 0 Å². The molecule has 0 amide bonds. The maximum atomic E-state index is 12.5. The Balaban J connectivity index is 1.49. The van der Waals surface area contributed by atoms with Crippen molar-refractivity contribution in [3.05, 3.63) is 104 Å². The lowest BCUT2D eigenvalue weighted by Gasteiger charge is -2.09. The minimum atomic E-state index is -0.0543. The number of nitrogens with zero attached hydrogens (tertiary/aromatic N) is 1. The van der Waals surface area contributed by atoms with Crippen LogP contribution in [0.3, 0.4) is 0 Å². The Morgan fingerprint density at radius 3 is 2.55 bits per heavy atom. The van der Waals surface area contributed by atoms with Crippen LogP contribution in [0.2, 0.25) is 0 Å². The molecule has 0 aliphatic rings. The van der Waals surface area contributed by atoms with Crippen LogP contribution in [-0.4, -0.2) is 15.7 Å². The third kappa shape index (κ3) is 5.08. The zero-order valence-corrected chi connectivity index (χ0v) is 18.9. The molecule has 0 unspecified atom stereocenters. The van der Waals surface area contributed by atoms with E-state index in [1.807, 2.05) is 12.1 Å². The maximum Gasteiger partial charge on any atom is 0.265 e. The van der Waals surface area contributed by atoms with Crippen molar-refractivity contribution in [1.29, 1.82) is 0 Å². The first-order chi connectivity index (χ1) is 14.2. The summed E-state index contributed by atoms with van der Waals surface area (Å²) in [5.41, 5.74) is 3.32. The number of hydrogen-bond acceptors (Lipinski definition) is 3. The van der Waals surface area contributed by atoms with E-state index >= 15 is 0 Å². The van der Waals surface area contributed by atoms with Crippen LogP contribution in [0.4, 0.5) is 0 Å². The second-order valence-corrected chi connectivity index (χ2v) is 9.05. The van der Waals surface area contributed by atoms with Crippen molar-refractivity contribution in [2.45, 2.75) is 24.4 Å². The molecule has 0 aliphatic heterocycles. The summed E-state index contributed by atoms with van der Waals surface area (Å²) in [6, 6.07) is 25.1. The summed E-state index contributed by atoms with van der Waals surface area (Å²) in [6.45, 7) is 0. The van der Waals surface area contributed by atoms with Crippen molar-refractivity contribution in [2.75, 3.05) is 5.75 Å². The third-order valence-corrected chi connectivity index (χ3v) is 6.91. The van der Waals surface area contributed by atoms with Gasteiger partial charge in [-0.2, -0.15) is 0 Å². The van der Waals surface area contributed by atoms with Gasteiger partial charge >= 0.3 is 0 Å². The highest BCUT2D eigenvalue weighted by Gasteiger charge is 2.12. The van der Waals surface area contributed by atoms with E-state index in [2.05, 4.69) is 88.2 Å². The highest BCUT2D eigenvalue weighted by Crippen LogP contribution is 2.23. The summed E-state index contributed by atoms with van der Waals surface area (Å²) in [7, 11) is 0. The van der Waals surface area contributed by atoms with Crippen LogP contribution >= 0.6 is 34.4 Å². The SMILES string of the molecule is O=c1[nH]c(SCCCc2ccccc2)nc(Cc2cccc3ccccc23)c1I. The van der Waals surface area contributed by atoms with Gasteiger partial charge in [-0.05, 0) is 57.3 Å². The summed E-state index contributed by atoms with van der Waals surface area (Å²) in [6.07, 6.45) is 2.73. The van der Waals surface area contributed by atoms with E-state index in [1.165, 1.54) is 21.9 Å². The summed E-state index contributed by atoms with van der Waals surface area (Å²) in [5, 5.41) is 3.13. The van der Waals surface area contributed by atoms with E-state index in [0.29, 0.717) is 15.1 Å². The van der Waals surface area contributed by atoms with Crippen LogP contribution in [0.1, 0.15) is 23.2 Å². The highest BCUT2D eigenvalue weighted by atomic mass is 127. The maximum absolute atomic E-state index is 12.5. The Kier molecular flexibility index (Phi) is 6.67. The van der Waals surface area contributed by atoms with Gasteiger partial charge in [-0.15, -0.1) is 0 Å². The van der Waals surface area contributed by atoms with Crippen LogP contribution < -0.4 is 5.56 Å². The predicted molar refractivity (Wildman–Crippen MR) is 130 cm³/mol. The van der Waals surface area contributed by atoms with Gasteiger partial charge in [0.05, 0.1) is 5.69 Å². The summed E-state index contributed by atoms with van der Waals surface area (Å²) < 4.78 is 0.671. The number of benzene rings is 3. The fourth-order valence-corrected chi connectivity index (χ4v) is 4.65. The molecule has 1 heterocycles. The molecule has 4 aromatic rings. The van der Waals surface area contributed by atoms with Crippen LogP contribution in [0, 0.1) is 3.57 Å². The van der Waals surface area contributed by atoms with Crippen LogP contribution in [0.5, 0.6) is 0 Å². The predicted octanol–water partition coefficient (Wildman–Crippen LogP) is 5.84. The molecule has 0 saturated carbocycles. The lowest BCUT2D eigenvalue weighted by Crippen LogP contribution is -2.16. The lowest BCUT2D eigenvalue weighted by atomic mass is 10.0. The molecule has 1 aromatic heterocycles. The molecule has 3 nitrogen and oxygen atoms in total. The number of H-pyrrole nitrogens is 1. The van der Waals surface area contributed by atoms with Gasteiger partial charge in [-0.3, -0.25) is 4.79 Å². The topological polar surface area (TPSA) is 45.8 Å². The average molecular weight is 512 g/mol. The zero-order chi connectivity index (χ0) is 20.1. The third-order valence-electron chi connectivity index (χ3n) is 4.84. The Bertz CT molecular complexity index is 1170. The summed E-state index contributed by atoms with van der Waals surface area (Å²) >= 11 is 3.73. The van der Waals surface area contributed by atoms with Crippen molar-refractivity contribution >= 4 is 45.1 Å². The molecule has 4 rings (SSSR count). The molecule has 3 aromatic carbocycles. The molecule has 0 fully saturated rings. The molecule has 0 atom stereocenters. The zero-order valence-electron chi connectivity index (χ0n) is 15.9. The van der Waals surface area contributed by atoms with Gasteiger partial charge in [0, 0.05) is 12.2 Å². The minimum Gasteiger partial charge on any atom is -0.301 e. The van der Waals surface area contributed by atoms with E-state index in [-0.39, 0.29) is 5.56 Å². The van der Waals surface area contributed by atoms with Gasteiger partial charge in [0.15, 0.2) is 5.16 Å². The van der Waals surface area contributed by atoms with Crippen LogP contribution in [-0.2, 0) is 12.8 Å². The fraction of sp³-hybridized carbons (Fsp3) is 0.167. The number of hydrogen-bond donors (Lipinski definition) is 1. The van der Waals surface area contributed by atoms with Gasteiger partial charge in [0.2, 0.25) is 0 Å². The quantitative estimate of drug-likeness (QED) is 0.146. The van der Waals surface area contributed by atoms with E-state index in [1.54, 1.807) is 11.8 Å². The number of halogens is 1. The van der Waals surface area contributed by atoms with Crippen molar-refractivity contribution < 1.29 is 0 Å². The molecule has 0 bridgehead atoms. The van der Waals surface area contributed by atoms with Gasteiger partial charge in [0.25, 0.3) is 5.56 Å². The Labute approximate surface area is 188 Å². The van der Waals surface area contributed by atoms with E-state index in [0.717, 1.165) is 24.3 Å². The fourth-order valence-electron chi connectivity index (χ4n) is 3.38. The molecule has 0 radical (unpaired) electrons. The van der Waals surface area contributed by atoms with Crippen LogP contribution in [0.25, 0.3) is 10.8 Å². The first-order valence-corrected chi connectivity index (χ1v) is 11.7. The Hall–Kier alpha value is -2.12. The van der Waals surface area contributed by atoms with Gasteiger partial charge in [0.1, 0.15) is 3.57 Å². The highest BCUT2D eigenvalue weighted by molar-refractivity contribution is 14.1. The van der Waals surface area contributed by atoms with E-state index in [9.17, 15) is 4.79 Å². The number of aryl methyl sites for hydroxylation is 1. The molecule has 1 N–H and O–H groups in total. The first kappa shape index (κ1) is 20.2. The molecule has 0 saturated heterocycles. The number of nitrogens with one attached hydrogen (secondary N) is 1. The number of rotatable bonds is 7. The molecular formula is C24H21IN2OS. The Morgan fingerprint density at radius 1 is 0.931 bits per heavy atom. The molecule has 0 spiro atoms. The average Bonchev–Trinajstić information content (AvgIpc) is 2.75. The van der Waals surface area contributed by atoms with Gasteiger partial charge in [-0.25, -0.2) is 4.98 Å². The summed E-state index contributed by atoms with van der Waals surface area (Å²) in [4.78, 5) is 20.2. The van der Waals surface area contributed by atoms with Gasteiger partial charge < -0.3 is 4.98 Å². The first-order valence-electron chi connectivity index (χ1n) is 9.63. The molecule has 29 heavy (non-hydrogen) atoms. The second kappa shape index (κ2) is 9.59.